The van der Waals surface area contributed by atoms with Crippen LogP contribution in [0.2, 0.25) is 0 Å². The van der Waals surface area contributed by atoms with Crippen LogP contribution in [-0.4, -0.2) is 31.1 Å². The van der Waals surface area contributed by atoms with Crippen LogP contribution in [0.5, 0.6) is 0 Å². The summed E-state index contributed by atoms with van der Waals surface area (Å²) in [4.78, 5) is 11.7. The van der Waals surface area contributed by atoms with Gasteiger partial charge in [-0.25, -0.2) is 8.42 Å². The molecule has 0 radical (unpaired) electrons. The van der Waals surface area contributed by atoms with Crippen LogP contribution in [0.15, 0.2) is 40.0 Å². The van der Waals surface area contributed by atoms with E-state index in [-0.39, 0.29) is 22.8 Å². The van der Waals surface area contributed by atoms with Crippen molar-refractivity contribution in [3.05, 3.63) is 41.8 Å². The molecule has 8 heteroatoms. The van der Waals surface area contributed by atoms with E-state index in [2.05, 4.69) is 15.5 Å². The van der Waals surface area contributed by atoms with Crippen molar-refractivity contribution in [3.63, 3.8) is 0 Å². The highest BCUT2D eigenvalue weighted by molar-refractivity contribution is 7.90. The highest BCUT2D eigenvalue weighted by Gasteiger charge is 2.23. The molecule has 2 rings (SSSR count). The number of amides is 1. The van der Waals surface area contributed by atoms with E-state index in [4.69, 9.17) is 4.42 Å². The van der Waals surface area contributed by atoms with Crippen molar-refractivity contribution in [1.82, 2.24) is 15.5 Å². The smallest absolute Gasteiger partial charge is 0.335 e. The second-order valence-corrected chi connectivity index (χ2v) is 8.68. The molecule has 0 spiro atoms. The number of aryl methyl sites for hydroxylation is 1. The van der Waals surface area contributed by atoms with Gasteiger partial charge in [-0.2, -0.15) is 0 Å². The van der Waals surface area contributed by atoms with Gasteiger partial charge < -0.3 is 9.73 Å². The lowest BCUT2D eigenvalue weighted by Gasteiger charge is -2.17. The number of nitrogens with one attached hydrogen (secondary N) is 1. The Labute approximate surface area is 147 Å². The van der Waals surface area contributed by atoms with Gasteiger partial charge in [-0.3, -0.25) is 4.79 Å². The van der Waals surface area contributed by atoms with Crippen LogP contribution in [0.3, 0.4) is 0 Å². The summed E-state index contributed by atoms with van der Waals surface area (Å²) >= 11 is 0. The van der Waals surface area contributed by atoms with Crippen molar-refractivity contribution in [3.8, 4) is 0 Å². The molecule has 1 amide bonds. The third kappa shape index (κ3) is 5.67. The number of hydrogen-bond donors (Lipinski definition) is 1. The molecule has 0 aliphatic heterocycles. The van der Waals surface area contributed by atoms with Gasteiger partial charge in [-0.15, -0.1) is 5.10 Å². The molecular formula is C17H23N3O4S. The summed E-state index contributed by atoms with van der Waals surface area (Å²) in [5.41, 5.74) is 0.218. The maximum atomic E-state index is 12.3. The molecular weight excluding hydrogens is 342 g/mol. The number of aromatic nitrogens is 2. The van der Waals surface area contributed by atoms with Crippen LogP contribution >= 0.6 is 0 Å². The van der Waals surface area contributed by atoms with Crippen molar-refractivity contribution in [2.75, 3.05) is 6.54 Å². The average molecular weight is 365 g/mol. The van der Waals surface area contributed by atoms with Gasteiger partial charge in [0.2, 0.25) is 21.6 Å². The molecule has 2 aromatic rings. The predicted octanol–water partition coefficient (Wildman–Crippen LogP) is 2.14. The standard InChI is InChI=1S/C17H23N3O4S/c1-17(2,3)15(21)18-11-7-10-14-19-20-16(24-14)25(22,23)12-13-8-5-4-6-9-13/h4-6,8-9H,7,10-12H2,1-3H3,(H,18,21). The summed E-state index contributed by atoms with van der Waals surface area (Å²) < 4.78 is 29.9. The fourth-order valence-electron chi connectivity index (χ4n) is 2.03. The van der Waals surface area contributed by atoms with Crippen LogP contribution < -0.4 is 5.32 Å². The largest absolute Gasteiger partial charge is 0.413 e. The van der Waals surface area contributed by atoms with Crippen molar-refractivity contribution in [1.29, 1.82) is 0 Å². The Morgan fingerprint density at radius 2 is 1.84 bits per heavy atom. The molecule has 1 aromatic heterocycles. The molecule has 136 valence electrons. The molecule has 0 aliphatic rings. The van der Waals surface area contributed by atoms with Crippen molar-refractivity contribution < 1.29 is 17.6 Å². The highest BCUT2D eigenvalue weighted by Crippen LogP contribution is 2.16. The van der Waals surface area contributed by atoms with Gasteiger partial charge in [0, 0.05) is 18.4 Å². The molecule has 1 N–H and O–H groups in total. The van der Waals surface area contributed by atoms with Crippen LogP contribution in [0.25, 0.3) is 0 Å². The van der Waals surface area contributed by atoms with E-state index >= 15 is 0 Å². The normalized spacial score (nSPS) is 12.1. The maximum Gasteiger partial charge on any atom is 0.335 e. The first kappa shape index (κ1) is 19.1. The number of benzene rings is 1. The number of carbonyl (C=O) groups is 1. The Kier molecular flexibility index (Phi) is 5.94. The van der Waals surface area contributed by atoms with E-state index in [0.717, 1.165) is 0 Å². The lowest BCUT2D eigenvalue weighted by molar-refractivity contribution is -0.128. The van der Waals surface area contributed by atoms with Crippen molar-refractivity contribution >= 4 is 15.7 Å². The van der Waals surface area contributed by atoms with Crippen LogP contribution in [0.4, 0.5) is 0 Å². The van der Waals surface area contributed by atoms with Gasteiger partial charge in [0.05, 0.1) is 5.75 Å². The first-order valence-electron chi connectivity index (χ1n) is 8.06. The molecule has 7 nitrogen and oxygen atoms in total. The molecule has 0 bridgehead atoms. The molecule has 0 saturated heterocycles. The van der Waals surface area contributed by atoms with Crippen molar-refractivity contribution in [2.24, 2.45) is 5.41 Å². The Morgan fingerprint density at radius 3 is 2.48 bits per heavy atom. The van der Waals surface area contributed by atoms with E-state index in [1.54, 1.807) is 24.3 Å². The molecule has 0 atom stereocenters. The minimum atomic E-state index is -3.67. The third-order valence-corrected chi connectivity index (χ3v) is 4.86. The molecule has 25 heavy (non-hydrogen) atoms. The van der Waals surface area contributed by atoms with E-state index < -0.39 is 15.3 Å². The fourth-order valence-corrected chi connectivity index (χ4v) is 3.17. The first-order valence-corrected chi connectivity index (χ1v) is 9.71. The Morgan fingerprint density at radius 1 is 1.16 bits per heavy atom. The SMILES string of the molecule is CC(C)(C)C(=O)NCCCc1nnc(S(=O)(=O)Cc2ccccc2)o1. The minimum absolute atomic E-state index is 0.0378. The van der Waals surface area contributed by atoms with E-state index in [0.29, 0.717) is 24.9 Å². The van der Waals surface area contributed by atoms with Gasteiger partial charge in [-0.1, -0.05) is 56.2 Å². The van der Waals surface area contributed by atoms with Gasteiger partial charge in [0.25, 0.3) is 0 Å². The zero-order valence-corrected chi connectivity index (χ0v) is 15.5. The Hall–Kier alpha value is -2.22. The number of sulfone groups is 1. The lowest BCUT2D eigenvalue weighted by atomic mass is 9.96. The van der Waals surface area contributed by atoms with E-state index in [1.807, 2.05) is 26.8 Å². The molecule has 0 saturated carbocycles. The van der Waals surface area contributed by atoms with E-state index in [1.165, 1.54) is 0 Å². The van der Waals surface area contributed by atoms with Crippen LogP contribution in [0.1, 0.15) is 38.6 Å². The zero-order chi connectivity index (χ0) is 18.5. The fraction of sp³-hybridized carbons (Fsp3) is 0.471. The molecule has 1 aromatic carbocycles. The first-order chi connectivity index (χ1) is 11.7. The summed E-state index contributed by atoms with van der Waals surface area (Å²) in [6.07, 6.45) is 0.987. The number of hydrogen-bond acceptors (Lipinski definition) is 6. The van der Waals surface area contributed by atoms with Crippen molar-refractivity contribution in [2.45, 2.75) is 44.6 Å². The highest BCUT2D eigenvalue weighted by atomic mass is 32.2. The van der Waals surface area contributed by atoms with E-state index in [9.17, 15) is 13.2 Å². The Bertz CT molecular complexity index is 808. The zero-order valence-electron chi connectivity index (χ0n) is 14.7. The maximum absolute atomic E-state index is 12.3. The topological polar surface area (TPSA) is 102 Å². The second kappa shape index (κ2) is 7.77. The lowest BCUT2D eigenvalue weighted by Crippen LogP contribution is -2.35. The Balaban J connectivity index is 1.88. The molecule has 0 fully saturated rings. The average Bonchev–Trinajstić information content (AvgIpc) is 3.01. The minimum Gasteiger partial charge on any atom is -0.413 e. The van der Waals surface area contributed by atoms with Gasteiger partial charge in [0.15, 0.2) is 0 Å². The number of carbonyl (C=O) groups excluding carboxylic acids is 1. The second-order valence-electron chi connectivity index (χ2n) is 6.82. The van der Waals surface area contributed by atoms with Gasteiger partial charge in [0.1, 0.15) is 0 Å². The van der Waals surface area contributed by atoms with Crippen LogP contribution in [-0.2, 0) is 26.8 Å². The summed E-state index contributed by atoms with van der Waals surface area (Å²) in [6, 6.07) is 8.82. The summed E-state index contributed by atoms with van der Waals surface area (Å²) in [6.45, 7) is 5.98. The molecule has 0 aliphatic carbocycles. The van der Waals surface area contributed by atoms with Gasteiger partial charge in [-0.05, 0) is 12.0 Å². The number of nitrogens with zero attached hydrogens (tertiary/aromatic N) is 2. The third-order valence-electron chi connectivity index (χ3n) is 3.45. The van der Waals surface area contributed by atoms with Gasteiger partial charge >= 0.3 is 5.22 Å². The van der Waals surface area contributed by atoms with Crippen LogP contribution in [0, 0.1) is 5.41 Å². The quantitative estimate of drug-likeness (QED) is 0.754. The predicted molar refractivity (Wildman–Crippen MR) is 92.4 cm³/mol. The summed E-state index contributed by atoms with van der Waals surface area (Å²) in [5, 5.41) is 9.87. The molecule has 0 unspecified atom stereocenters. The number of rotatable bonds is 7. The summed E-state index contributed by atoms with van der Waals surface area (Å²) in [5.74, 6) is 0.0257. The summed E-state index contributed by atoms with van der Waals surface area (Å²) in [7, 11) is -3.67. The molecule has 1 heterocycles. The monoisotopic (exact) mass is 365 g/mol.